The number of hydrogen-bond donors (Lipinski definition) is 1. The second kappa shape index (κ2) is 9.83. The lowest BCUT2D eigenvalue weighted by Gasteiger charge is -2.30. The monoisotopic (exact) mass is 255 g/mol. The Morgan fingerprint density at radius 3 is 1.78 bits per heavy atom. The van der Waals surface area contributed by atoms with Gasteiger partial charge in [0.1, 0.15) is 0 Å². The molecule has 1 heteroatoms. The molecule has 0 bridgehead atoms. The van der Waals surface area contributed by atoms with E-state index >= 15 is 0 Å². The summed E-state index contributed by atoms with van der Waals surface area (Å²) in [5.41, 5.74) is 0.467. The molecule has 0 amide bonds. The van der Waals surface area contributed by atoms with Crippen LogP contribution >= 0.6 is 0 Å². The first-order valence-corrected chi connectivity index (χ1v) is 8.18. The zero-order chi connectivity index (χ0) is 14.0. The zero-order valence-electron chi connectivity index (χ0n) is 13.8. The molecule has 0 radical (unpaired) electrons. The lowest BCUT2D eigenvalue weighted by atomic mass is 9.82. The van der Waals surface area contributed by atoms with Gasteiger partial charge >= 0.3 is 0 Å². The average molecular weight is 255 g/mol. The molecule has 0 saturated carbocycles. The van der Waals surface area contributed by atoms with E-state index in [0.29, 0.717) is 5.41 Å². The lowest BCUT2D eigenvalue weighted by molar-refractivity contribution is 0.255. The molecule has 1 nitrogen and oxygen atoms in total. The molecular formula is C17H37N. The third kappa shape index (κ3) is 8.97. The van der Waals surface area contributed by atoms with Crippen LogP contribution in [0.3, 0.4) is 0 Å². The smallest absolute Gasteiger partial charge is 0.00955 e. The summed E-state index contributed by atoms with van der Waals surface area (Å²) in [6.45, 7) is 15.2. The van der Waals surface area contributed by atoms with Gasteiger partial charge in [0.2, 0.25) is 0 Å². The van der Waals surface area contributed by atoms with Gasteiger partial charge in [0.25, 0.3) is 0 Å². The number of nitrogens with one attached hydrogen (secondary N) is 1. The SMILES string of the molecule is CCCNC(CCC(C)(C)C)C(CCC)CCC. The first-order valence-electron chi connectivity index (χ1n) is 8.18. The summed E-state index contributed by atoms with van der Waals surface area (Å²) in [5.74, 6) is 0.883. The molecular weight excluding hydrogens is 218 g/mol. The molecule has 0 fully saturated rings. The van der Waals surface area contributed by atoms with Gasteiger partial charge in [-0.3, -0.25) is 0 Å². The van der Waals surface area contributed by atoms with E-state index in [9.17, 15) is 0 Å². The summed E-state index contributed by atoms with van der Waals surface area (Å²) >= 11 is 0. The van der Waals surface area contributed by atoms with E-state index in [-0.39, 0.29) is 0 Å². The van der Waals surface area contributed by atoms with E-state index in [1.165, 1.54) is 51.5 Å². The van der Waals surface area contributed by atoms with Crippen molar-refractivity contribution in [3.05, 3.63) is 0 Å². The summed E-state index contributed by atoms with van der Waals surface area (Å²) in [6, 6.07) is 0.740. The summed E-state index contributed by atoms with van der Waals surface area (Å²) in [6.07, 6.45) is 9.34. The molecule has 1 unspecified atom stereocenters. The van der Waals surface area contributed by atoms with Crippen molar-refractivity contribution in [3.8, 4) is 0 Å². The summed E-state index contributed by atoms with van der Waals surface area (Å²) < 4.78 is 0. The molecule has 0 rings (SSSR count). The van der Waals surface area contributed by atoms with E-state index in [4.69, 9.17) is 0 Å². The molecule has 1 N–H and O–H groups in total. The third-order valence-corrected chi connectivity index (χ3v) is 3.75. The topological polar surface area (TPSA) is 12.0 Å². The first-order chi connectivity index (χ1) is 8.44. The predicted molar refractivity (Wildman–Crippen MR) is 84.1 cm³/mol. The van der Waals surface area contributed by atoms with Crippen molar-refractivity contribution in [3.63, 3.8) is 0 Å². The van der Waals surface area contributed by atoms with Crippen LogP contribution in [0.4, 0.5) is 0 Å². The van der Waals surface area contributed by atoms with Crippen LogP contribution in [0.15, 0.2) is 0 Å². The molecule has 0 aromatic rings. The predicted octanol–water partition coefficient (Wildman–Crippen LogP) is 5.40. The van der Waals surface area contributed by atoms with Gasteiger partial charge in [-0.25, -0.2) is 0 Å². The van der Waals surface area contributed by atoms with Gasteiger partial charge in [0.05, 0.1) is 0 Å². The van der Waals surface area contributed by atoms with Gasteiger partial charge < -0.3 is 5.32 Å². The molecule has 0 spiro atoms. The normalized spacial score (nSPS) is 14.2. The van der Waals surface area contributed by atoms with E-state index in [1.54, 1.807) is 0 Å². The van der Waals surface area contributed by atoms with Crippen molar-refractivity contribution in [1.82, 2.24) is 5.32 Å². The largest absolute Gasteiger partial charge is 0.314 e. The van der Waals surface area contributed by atoms with Crippen molar-refractivity contribution < 1.29 is 0 Å². The zero-order valence-corrected chi connectivity index (χ0v) is 13.8. The average Bonchev–Trinajstić information content (AvgIpc) is 2.28. The van der Waals surface area contributed by atoms with Crippen LogP contribution in [-0.4, -0.2) is 12.6 Å². The van der Waals surface area contributed by atoms with Gasteiger partial charge in [0, 0.05) is 6.04 Å². The molecule has 0 aromatic carbocycles. The molecule has 1 atom stereocenters. The second-order valence-electron chi connectivity index (χ2n) is 7.00. The molecule has 0 saturated heterocycles. The van der Waals surface area contributed by atoms with Gasteiger partial charge in [-0.1, -0.05) is 54.4 Å². The van der Waals surface area contributed by atoms with Crippen LogP contribution in [0.2, 0.25) is 0 Å². The van der Waals surface area contributed by atoms with Crippen molar-refractivity contribution in [2.75, 3.05) is 6.54 Å². The highest BCUT2D eigenvalue weighted by atomic mass is 14.9. The van der Waals surface area contributed by atoms with Crippen LogP contribution in [0.5, 0.6) is 0 Å². The molecule has 0 aromatic heterocycles. The molecule has 18 heavy (non-hydrogen) atoms. The summed E-state index contributed by atoms with van der Waals surface area (Å²) in [5, 5.41) is 3.81. The highest BCUT2D eigenvalue weighted by molar-refractivity contribution is 4.78. The Hall–Kier alpha value is -0.0400. The Kier molecular flexibility index (Phi) is 9.81. The van der Waals surface area contributed by atoms with Crippen LogP contribution in [0, 0.1) is 11.3 Å². The van der Waals surface area contributed by atoms with E-state index < -0.39 is 0 Å². The minimum absolute atomic E-state index is 0.467. The maximum absolute atomic E-state index is 3.81. The Morgan fingerprint density at radius 1 is 0.833 bits per heavy atom. The van der Waals surface area contributed by atoms with Crippen molar-refractivity contribution in [2.24, 2.45) is 11.3 Å². The minimum Gasteiger partial charge on any atom is -0.314 e. The van der Waals surface area contributed by atoms with E-state index in [2.05, 4.69) is 46.9 Å². The number of rotatable bonds is 10. The second-order valence-corrected chi connectivity index (χ2v) is 7.00. The quantitative estimate of drug-likeness (QED) is 0.551. The molecule has 110 valence electrons. The van der Waals surface area contributed by atoms with Gasteiger partial charge in [0.15, 0.2) is 0 Å². The van der Waals surface area contributed by atoms with Crippen LogP contribution in [0.25, 0.3) is 0 Å². The maximum atomic E-state index is 3.81. The lowest BCUT2D eigenvalue weighted by Crippen LogP contribution is -2.37. The van der Waals surface area contributed by atoms with Crippen molar-refractivity contribution in [1.29, 1.82) is 0 Å². The third-order valence-electron chi connectivity index (χ3n) is 3.75. The van der Waals surface area contributed by atoms with Crippen LogP contribution in [0.1, 0.15) is 86.5 Å². The Balaban J connectivity index is 4.40. The summed E-state index contributed by atoms with van der Waals surface area (Å²) in [4.78, 5) is 0. The fourth-order valence-electron chi connectivity index (χ4n) is 2.71. The highest BCUT2D eigenvalue weighted by Crippen LogP contribution is 2.27. The van der Waals surface area contributed by atoms with E-state index in [1.807, 2.05) is 0 Å². The molecule has 0 heterocycles. The van der Waals surface area contributed by atoms with Crippen molar-refractivity contribution in [2.45, 2.75) is 92.5 Å². The standard InChI is InChI=1S/C17H37N/c1-7-10-15(11-8-2)16(18-14-9-3)12-13-17(4,5)6/h15-16,18H,7-14H2,1-6H3. The maximum Gasteiger partial charge on any atom is 0.00955 e. The minimum atomic E-state index is 0.467. The fraction of sp³-hybridized carbons (Fsp3) is 1.00. The Bertz CT molecular complexity index is 175. The van der Waals surface area contributed by atoms with Crippen molar-refractivity contribution >= 4 is 0 Å². The fourth-order valence-corrected chi connectivity index (χ4v) is 2.71. The van der Waals surface area contributed by atoms with E-state index in [0.717, 1.165) is 12.0 Å². The first kappa shape index (κ1) is 18.0. The molecule has 0 aliphatic heterocycles. The van der Waals surface area contributed by atoms with Crippen LogP contribution in [-0.2, 0) is 0 Å². The Morgan fingerprint density at radius 2 is 1.39 bits per heavy atom. The molecule has 0 aliphatic carbocycles. The number of hydrogen-bond acceptors (Lipinski definition) is 1. The van der Waals surface area contributed by atoms with Gasteiger partial charge in [-0.05, 0) is 50.0 Å². The van der Waals surface area contributed by atoms with Gasteiger partial charge in [-0.15, -0.1) is 0 Å². The van der Waals surface area contributed by atoms with Crippen LogP contribution < -0.4 is 5.32 Å². The van der Waals surface area contributed by atoms with Gasteiger partial charge in [-0.2, -0.15) is 0 Å². The summed E-state index contributed by atoms with van der Waals surface area (Å²) in [7, 11) is 0. The molecule has 0 aliphatic rings. The highest BCUT2D eigenvalue weighted by Gasteiger charge is 2.21. The Labute approximate surface area is 116 Å².